The molecular weight excluding hydrogens is 260 g/mol. The van der Waals surface area contributed by atoms with Gasteiger partial charge in [0.15, 0.2) is 17.4 Å². The van der Waals surface area contributed by atoms with Crippen LogP contribution in [-0.4, -0.2) is 29.3 Å². The highest BCUT2D eigenvalue weighted by atomic mass is 19.2. The van der Waals surface area contributed by atoms with E-state index in [1.54, 1.807) is 0 Å². The minimum absolute atomic E-state index is 0.134. The number of nitrogens with zero attached hydrogens (tertiary/aromatic N) is 1. The van der Waals surface area contributed by atoms with Crippen molar-refractivity contribution < 1.29 is 13.6 Å². The van der Waals surface area contributed by atoms with Gasteiger partial charge in [-0.15, -0.1) is 0 Å². The topological polar surface area (TPSA) is 20.3 Å². The van der Waals surface area contributed by atoms with Gasteiger partial charge in [0.2, 0.25) is 0 Å². The second-order valence-electron chi connectivity index (χ2n) is 5.50. The first-order valence-electron chi connectivity index (χ1n) is 7.27. The molecule has 0 saturated carbocycles. The zero-order valence-electron chi connectivity index (χ0n) is 12.0. The van der Waals surface area contributed by atoms with Crippen molar-refractivity contribution in [3.8, 4) is 0 Å². The molecule has 2 nitrogen and oxygen atoms in total. The summed E-state index contributed by atoms with van der Waals surface area (Å²) in [5, 5.41) is 0. The van der Waals surface area contributed by atoms with Gasteiger partial charge >= 0.3 is 0 Å². The van der Waals surface area contributed by atoms with Gasteiger partial charge in [-0.1, -0.05) is 13.0 Å². The number of hydrogen-bond donors (Lipinski definition) is 0. The molecule has 0 aromatic heterocycles. The van der Waals surface area contributed by atoms with E-state index in [-0.39, 0.29) is 17.8 Å². The van der Waals surface area contributed by atoms with Crippen molar-refractivity contribution in [2.24, 2.45) is 0 Å². The molecule has 2 rings (SSSR count). The standard InChI is InChI=1S/C16H21F2NO/c1-3-12-8-7-11(2)19(12)10-9-15(20)13-5-4-6-14(17)16(13)18/h4-6,11-12H,3,7-10H2,1-2H3. The van der Waals surface area contributed by atoms with Crippen molar-refractivity contribution in [1.29, 1.82) is 0 Å². The van der Waals surface area contributed by atoms with Crippen LogP contribution in [0.1, 0.15) is 49.9 Å². The predicted molar refractivity (Wildman–Crippen MR) is 74.8 cm³/mol. The largest absolute Gasteiger partial charge is 0.297 e. The van der Waals surface area contributed by atoms with E-state index >= 15 is 0 Å². The van der Waals surface area contributed by atoms with Crippen molar-refractivity contribution in [2.45, 2.75) is 51.6 Å². The molecule has 1 fully saturated rings. The molecule has 0 N–H and O–H groups in total. The number of Topliss-reactive ketones (excluding diaryl/α,β-unsaturated/α-hetero) is 1. The maximum atomic E-state index is 13.6. The van der Waals surface area contributed by atoms with Crippen LogP contribution in [0.3, 0.4) is 0 Å². The highest BCUT2D eigenvalue weighted by Gasteiger charge is 2.29. The minimum atomic E-state index is -1.03. The molecule has 20 heavy (non-hydrogen) atoms. The lowest BCUT2D eigenvalue weighted by Gasteiger charge is -2.27. The maximum Gasteiger partial charge on any atom is 0.169 e. The third kappa shape index (κ3) is 3.06. The van der Waals surface area contributed by atoms with Gasteiger partial charge in [-0.3, -0.25) is 9.69 Å². The maximum absolute atomic E-state index is 13.6. The van der Waals surface area contributed by atoms with Gasteiger partial charge in [-0.25, -0.2) is 8.78 Å². The van der Waals surface area contributed by atoms with Crippen LogP contribution >= 0.6 is 0 Å². The number of carbonyl (C=O) groups excluding carboxylic acids is 1. The van der Waals surface area contributed by atoms with E-state index in [1.807, 2.05) is 0 Å². The highest BCUT2D eigenvalue weighted by Crippen LogP contribution is 2.26. The summed E-state index contributed by atoms with van der Waals surface area (Å²) in [6.07, 6.45) is 3.59. The third-order valence-corrected chi connectivity index (χ3v) is 4.27. The summed E-state index contributed by atoms with van der Waals surface area (Å²) in [6, 6.07) is 4.73. The lowest BCUT2D eigenvalue weighted by atomic mass is 10.1. The fraction of sp³-hybridized carbons (Fsp3) is 0.562. The Hall–Kier alpha value is -1.29. The molecule has 110 valence electrons. The highest BCUT2D eigenvalue weighted by molar-refractivity contribution is 5.96. The molecule has 1 heterocycles. The fourth-order valence-corrected chi connectivity index (χ4v) is 3.05. The van der Waals surface area contributed by atoms with Gasteiger partial charge in [0.25, 0.3) is 0 Å². The van der Waals surface area contributed by atoms with Crippen molar-refractivity contribution in [3.63, 3.8) is 0 Å². The lowest BCUT2D eigenvalue weighted by Crippen LogP contribution is -2.35. The Morgan fingerprint density at radius 1 is 1.35 bits per heavy atom. The summed E-state index contributed by atoms with van der Waals surface area (Å²) in [6.45, 7) is 4.92. The van der Waals surface area contributed by atoms with E-state index in [4.69, 9.17) is 0 Å². The molecule has 1 aromatic rings. The van der Waals surface area contributed by atoms with Crippen LogP contribution in [0.5, 0.6) is 0 Å². The van der Waals surface area contributed by atoms with Crippen LogP contribution < -0.4 is 0 Å². The van der Waals surface area contributed by atoms with Gasteiger partial charge in [0.05, 0.1) is 5.56 Å². The summed E-state index contributed by atoms with van der Waals surface area (Å²) in [7, 11) is 0. The molecule has 1 saturated heterocycles. The summed E-state index contributed by atoms with van der Waals surface area (Å²) in [5.74, 6) is -2.31. The number of halogens is 2. The molecule has 0 aliphatic carbocycles. The third-order valence-electron chi connectivity index (χ3n) is 4.27. The lowest BCUT2D eigenvalue weighted by molar-refractivity contribution is 0.0944. The molecule has 0 radical (unpaired) electrons. The second kappa shape index (κ2) is 6.44. The van der Waals surface area contributed by atoms with E-state index in [2.05, 4.69) is 18.7 Å². The molecule has 0 spiro atoms. The summed E-state index contributed by atoms with van der Waals surface area (Å²) < 4.78 is 26.7. The van der Waals surface area contributed by atoms with Gasteiger partial charge in [0.1, 0.15) is 0 Å². The predicted octanol–water partition coefficient (Wildman–Crippen LogP) is 3.80. The van der Waals surface area contributed by atoms with Crippen molar-refractivity contribution >= 4 is 5.78 Å². The SMILES string of the molecule is CCC1CCC(C)N1CCC(=O)c1cccc(F)c1F. The molecule has 1 aliphatic heterocycles. The Labute approximate surface area is 118 Å². The van der Waals surface area contributed by atoms with Crippen LogP contribution in [0.2, 0.25) is 0 Å². The Kier molecular flexibility index (Phi) is 4.86. The van der Waals surface area contributed by atoms with Crippen LogP contribution in [0.4, 0.5) is 8.78 Å². The van der Waals surface area contributed by atoms with Crippen LogP contribution in [0.25, 0.3) is 0 Å². The summed E-state index contributed by atoms with van der Waals surface area (Å²) in [4.78, 5) is 14.4. The minimum Gasteiger partial charge on any atom is -0.297 e. The van der Waals surface area contributed by atoms with Crippen LogP contribution in [0.15, 0.2) is 18.2 Å². The zero-order valence-corrected chi connectivity index (χ0v) is 12.0. The molecule has 2 atom stereocenters. The Bertz CT molecular complexity index is 489. The number of rotatable bonds is 5. The van der Waals surface area contributed by atoms with Gasteiger partial charge in [0, 0.05) is 25.0 Å². The second-order valence-corrected chi connectivity index (χ2v) is 5.50. The smallest absolute Gasteiger partial charge is 0.169 e. The van der Waals surface area contributed by atoms with Crippen molar-refractivity contribution in [1.82, 2.24) is 4.90 Å². The Morgan fingerprint density at radius 3 is 2.80 bits per heavy atom. The monoisotopic (exact) mass is 281 g/mol. The van der Waals surface area contributed by atoms with E-state index in [0.717, 1.165) is 25.3 Å². The van der Waals surface area contributed by atoms with Crippen LogP contribution in [0, 0.1) is 11.6 Å². The van der Waals surface area contributed by atoms with E-state index in [1.165, 1.54) is 12.1 Å². The number of carbonyl (C=O) groups is 1. The number of hydrogen-bond acceptors (Lipinski definition) is 2. The average molecular weight is 281 g/mol. The number of ketones is 1. The van der Waals surface area contributed by atoms with E-state index < -0.39 is 11.6 Å². The van der Waals surface area contributed by atoms with Crippen molar-refractivity contribution in [3.05, 3.63) is 35.4 Å². The van der Waals surface area contributed by atoms with Gasteiger partial charge in [-0.05, 0) is 38.3 Å². The first-order valence-corrected chi connectivity index (χ1v) is 7.27. The summed E-state index contributed by atoms with van der Waals surface area (Å²) in [5.41, 5.74) is -0.134. The van der Waals surface area contributed by atoms with E-state index in [0.29, 0.717) is 18.6 Å². The quantitative estimate of drug-likeness (QED) is 0.765. The Morgan fingerprint density at radius 2 is 2.10 bits per heavy atom. The molecule has 1 aliphatic rings. The zero-order chi connectivity index (χ0) is 14.7. The molecular formula is C16H21F2NO. The van der Waals surface area contributed by atoms with Crippen molar-refractivity contribution in [2.75, 3.05) is 6.54 Å². The molecule has 1 aromatic carbocycles. The number of likely N-dealkylation sites (tertiary alicyclic amines) is 1. The first-order chi connectivity index (χ1) is 9.54. The summed E-state index contributed by atoms with van der Waals surface area (Å²) >= 11 is 0. The molecule has 2 unspecified atom stereocenters. The van der Waals surface area contributed by atoms with Gasteiger partial charge < -0.3 is 0 Å². The fourth-order valence-electron chi connectivity index (χ4n) is 3.05. The average Bonchev–Trinajstić information content (AvgIpc) is 2.79. The molecule has 0 bridgehead atoms. The van der Waals surface area contributed by atoms with Gasteiger partial charge in [-0.2, -0.15) is 0 Å². The van der Waals surface area contributed by atoms with Crippen LogP contribution in [-0.2, 0) is 0 Å². The number of benzene rings is 1. The molecule has 4 heteroatoms. The Balaban J connectivity index is 2.00. The molecule has 0 amide bonds. The normalized spacial score (nSPS) is 23.2. The van der Waals surface area contributed by atoms with E-state index in [9.17, 15) is 13.6 Å². The first kappa shape index (κ1) is 15.1.